The highest BCUT2D eigenvalue weighted by atomic mass is 14.8. The van der Waals surface area contributed by atoms with Crippen molar-refractivity contribution in [1.29, 1.82) is 0 Å². The lowest BCUT2D eigenvalue weighted by atomic mass is 9.88. The fraction of sp³-hybridized carbons (Fsp3) is 0. The molecule has 0 N–H and O–H groups in total. The summed E-state index contributed by atoms with van der Waals surface area (Å²) in [6, 6.07) is 66.8. The van der Waals surface area contributed by atoms with Crippen LogP contribution in [-0.2, 0) is 0 Å². The van der Waals surface area contributed by atoms with E-state index in [1.807, 2.05) is 0 Å². The molecule has 1 aliphatic heterocycles. The summed E-state index contributed by atoms with van der Waals surface area (Å²) in [5.74, 6) is 0. The molecule has 1 heterocycles. The summed E-state index contributed by atoms with van der Waals surface area (Å²) in [5, 5.41) is 19.8. The molecule has 1 aliphatic rings. The van der Waals surface area contributed by atoms with Gasteiger partial charge in [0.2, 0.25) is 0 Å². The minimum absolute atomic E-state index is 0.909. The van der Waals surface area contributed by atoms with Crippen LogP contribution in [0.2, 0.25) is 0 Å². The standard InChI is InChI=1S/C54H30N2/c1-3-9-37-29-47-45(27-35(37)7-1)53(43-23-39-19-15-31-11-5-12-32-16-20-40(24-43)51(39)49(31)32)56-48-30-38-10-4-2-8-36(38)28-46(48)54(55-47)44-25-41-21-17-33-13-6-14-34-18-22-42(26-44)52(41)50(33)34/h1-30H. The van der Waals surface area contributed by atoms with E-state index in [1.54, 1.807) is 0 Å². The van der Waals surface area contributed by atoms with Gasteiger partial charge in [0.05, 0.1) is 22.8 Å². The molecule has 12 aromatic rings. The van der Waals surface area contributed by atoms with Gasteiger partial charge in [-0.2, -0.15) is 0 Å². The van der Waals surface area contributed by atoms with Crippen molar-refractivity contribution < 1.29 is 0 Å². The van der Waals surface area contributed by atoms with Gasteiger partial charge in [-0.05, 0) is 135 Å². The SMILES string of the molecule is c1ccc2cc3c(cc2c1)N=C(c1cc2ccc4cccc5ccc(c1)c2c45)c1cc2ccccc2cc1N=C3c1cc2ccc3cccc4ccc(c1)c2c34. The molecule has 0 saturated carbocycles. The van der Waals surface area contributed by atoms with Crippen molar-refractivity contribution in [2.45, 2.75) is 0 Å². The number of fused-ring (bicyclic) bond motifs is 4. The molecule has 0 bridgehead atoms. The van der Waals surface area contributed by atoms with Crippen LogP contribution < -0.4 is 0 Å². The zero-order chi connectivity index (χ0) is 36.5. The van der Waals surface area contributed by atoms with Crippen molar-refractivity contribution in [2.75, 3.05) is 0 Å². The van der Waals surface area contributed by atoms with Crippen molar-refractivity contribution in [3.05, 3.63) is 204 Å². The Morgan fingerprint density at radius 1 is 0.232 bits per heavy atom. The maximum Gasteiger partial charge on any atom is 0.0804 e. The van der Waals surface area contributed by atoms with E-state index in [0.717, 1.165) is 66.6 Å². The van der Waals surface area contributed by atoms with Crippen LogP contribution in [0.4, 0.5) is 11.4 Å². The van der Waals surface area contributed by atoms with Crippen LogP contribution >= 0.6 is 0 Å². The van der Waals surface area contributed by atoms with Crippen LogP contribution in [0.3, 0.4) is 0 Å². The van der Waals surface area contributed by atoms with E-state index < -0.39 is 0 Å². The number of rotatable bonds is 2. The van der Waals surface area contributed by atoms with E-state index in [2.05, 4.69) is 182 Å². The van der Waals surface area contributed by atoms with E-state index in [0.29, 0.717) is 0 Å². The van der Waals surface area contributed by atoms with Gasteiger partial charge >= 0.3 is 0 Å². The zero-order valence-corrected chi connectivity index (χ0v) is 30.2. The highest BCUT2D eigenvalue weighted by Gasteiger charge is 2.24. The third-order valence-corrected chi connectivity index (χ3v) is 12.2. The number of hydrogen-bond donors (Lipinski definition) is 0. The zero-order valence-electron chi connectivity index (χ0n) is 30.2. The van der Waals surface area contributed by atoms with E-state index in [9.17, 15) is 0 Å². The third kappa shape index (κ3) is 4.27. The Morgan fingerprint density at radius 3 is 0.875 bits per heavy atom. The summed E-state index contributed by atoms with van der Waals surface area (Å²) in [6.45, 7) is 0. The Morgan fingerprint density at radius 2 is 0.518 bits per heavy atom. The van der Waals surface area contributed by atoms with Crippen LogP contribution in [0, 0.1) is 0 Å². The molecule has 256 valence electrons. The van der Waals surface area contributed by atoms with Crippen LogP contribution in [0.15, 0.2) is 192 Å². The lowest BCUT2D eigenvalue weighted by molar-refractivity contribution is 1.41. The average Bonchev–Trinajstić information content (AvgIpc) is 3.24. The van der Waals surface area contributed by atoms with E-state index in [-0.39, 0.29) is 0 Å². The quantitative estimate of drug-likeness (QED) is 0.160. The van der Waals surface area contributed by atoms with Crippen LogP contribution in [-0.4, -0.2) is 11.4 Å². The Bertz CT molecular complexity index is 3330. The minimum atomic E-state index is 0.909. The summed E-state index contributed by atoms with van der Waals surface area (Å²) in [7, 11) is 0. The van der Waals surface area contributed by atoms with Gasteiger partial charge in [0.25, 0.3) is 0 Å². The highest BCUT2D eigenvalue weighted by molar-refractivity contribution is 6.30. The first kappa shape index (κ1) is 30.0. The van der Waals surface area contributed by atoms with E-state index in [4.69, 9.17) is 9.98 Å². The average molecular weight is 707 g/mol. The summed E-state index contributed by atoms with van der Waals surface area (Å²) in [4.78, 5) is 11.5. The van der Waals surface area contributed by atoms with Gasteiger partial charge < -0.3 is 0 Å². The number of nitrogens with zero attached hydrogens (tertiary/aromatic N) is 2. The Hall–Kier alpha value is -7.42. The van der Waals surface area contributed by atoms with Crippen molar-refractivity contribution >= 4 is 109 Å². The predicted molar refractivity (Wildman–Crippen MR) is 239 cm³/mol. The normalized spacial score (nSPS) is 13.2. The van der Waals surface area contributed by atoms with E-state index >= 15 is 0 Å². The number of hydrogen-bond acceptors (Lipinski definition) is 2. The smallest absolute Gasteiger partial charge is 0.0804 e. The molecule has 0 radical (unpaired) electrons. The molecular formula is C54H30N2. The molecule has 0 atom stereocenters. The van der Waals surface area contributed by atoms with E-state index in [1.165, 1.54) is 64.6 Å². The maximum atomic E-state index is 5.76. The maximum absolute atomic E-state index is 5.76. The first-order chi connectivity index (χ1) is 27.7. The van der Waals surface area contributed by atoms with Crippen LogP contribution in [0.1, 0.15) is 22.3 Å². The molecule has 2 heteroatoms. The van der Waals surface area contributed by atoms with Gasteiger partial charge in [0.1, 0.15) is 0 Å². The molecule has 0 unspecified atom stereocenters. The molecule has 0 spiro atoms. The fourth-order valence-electron chi connectivity index (χ4n) is 9.60. The molecular weight excluding hydrogens is 677 g/mol. The minimum Gasteiger partial charge on any atom is -0.247 e. The van der Waals surface area contributed by atoms with Crippen LogP contribution in [0.25, 0.3) is 86.2 Å². The second-order valence-corrected chi connectivity index (χ2v) is 15.4. The molecule has 0 amide bonds. The topological polar surface area (TPSA) is 24.7 Å². The highest BCUT2D eigenvalue weighted by Crippen LogP contribution is 2.42. The van der Waals surface area contributed by atoms with Crippen molar-refractivity contribution in [3.63, 3.8) is 0 Å². The lowest BCUT2D eigenvalue weighted by Gasteiger charge is -2.21. The number of benzene rings is 12. The van der Waals surface area contributed by atoms with Gasteiger partial charge in [-0.3, -0.25) is 0 Å². The summed E-state index contributed by atoms with van der Waals surface area (Å²) in [5.41, 5.74) is 7.85. The third-order valence-electron chi connectivity index (χ3n) is 12.2. The number of aliphatic imine (C=N–C) groups is 2. The molecule has 13 rings (SSSR count). The molecule has 0 aromatic heterocycles. The van der Waals surface area contributed by atoms with Gasteiger partial charge in [-0.25, -0.2) is 9.98 Å². The van der Waals surface area contributed by atoms with Gasteiger partial charge in [-0.15, -0.1) is 0 Å². The first-order valence-corrected chi connectivity index (χ1v) is 19.3. The summed E-state index contributed by atoms with van der Waals surface area (Å²) >= 11 is 0. The monoisotopic (exact) mass is 706 g/mol. The molecule has 12 aromatic carbocycles. The van der Waals surface area contributed by atoms with Crippen LogP contribution in [0.5, 0.6) is 0 Å². The molecule has 2 nitrogen and oxygen atoms in total. The second-order valence-electron chi connectivity index (χ2n) is 15.4. The van der Waals surface area contributed by atoms with Gasteiger partial charge in [0, 0.05) is 22.3 Å². The first-order valence-electron chi connectivity index (χ1n) is 19.3. The van der Waals surface area contributed by atoms with Crippen molar-refractivity contribution in [1.82, 2.24) is 0 Å². The lowest BCUT2D eigenvalue weighted by Crippen LogP contribution is -2.11. The largest absolute Gasteiger partial charge is 0.247 e. The molecule has 56 heavy (non-hydrogen) atoms. The molecule has 0 aliphatic carbocycles. The second kappa shape index (κ2) is 11.1. The molecule has 0 saturated heterocycles. The van der Waals surface area contributed by atoms with Gasteiger partial charge in [-0.1, -0.05) is 133 Å². The summed E-state index contributed by atoms with van der Waals surface area (Å²) < 4.78 is 0. The predicted octanol–water partition coefficient (Wildman–Crippen LogP) is 14.4. The Kier molecular flexibility index (Phi) is 5.92. The van der Waals surface area contributed by atoms with Gasteiger partial charge in [0.15, 0.2) is 0 Å². The summed E-state index contributed by atoms with van der Waals surface area (Å²) in [6.07, 6.45) is 0. The molecule has 0 fully saturated rings. The van der Waals surface area contributed by atoms with Crippen molar-refractivity contribution in [2.24, 2.45) is 9.98 Å². The fourth-order valence-corrected chi connectivity index (χ4v) is 9.60. The Balaban J connectivity index is 1.13. The Labute approximate surface area is 322 Å². The van der Waals surface area contributed by atoms with Crippen molar-refractivity contribution in [3.8, 4) is 0 Å².